The molecule has 0 saturated carbocycles. The first-order valence-electron chi connectivity index (χ1n) is 12.5. The van der Waals surface area contributed by atoms with Gasteiger partial charge in [0.1, 0.15) is 11.8 Å². The highest BCUT2D eigenvalue weighted by molar-refractivity contribution is 8.00. The number of hydrogen-bond acceptors (Lipinski definition) is 6. The zero-order chi connectivity index (χ0) is 28.9. The third-order valence-corrected chi connectivity index (χ3v) is 9.63. The number of alkyl halides is 3. The number of benzene rings is 3. The lowest BCUT2D eigenvalue weighted by atomic mass is 9.83. The molecule has 41 heavy (non-hydrogen) atoms. The Bertz CT molecular complexity index is 1720. The predicted molar refractivity (Wildman–Crippen MR) is 149 cm³/mol. The monoisotopic (exact) mass is 595 g/mol. The number of imide groups is 1. The van der Waals surface area contributed by atoms with Crippen molar-refractivity contribution in [2.45, 2.75) is 28.9 Å². The van der Waals surface area contributed by atoms with Crippen LogP contribution >= 0.6 is 23.1 Å². The van der Waals surface area contributed by atoms with Crippen molar-refractivity contribution in [2.75, 3.05) is 10.2 Å². The number of hydrogen-bond donors (Lipinski definition) is 1. The Kier molecular flexibility index (Phi) is 6.82. The summed E-state index contributed by atoms with van der Waals surface area (Å²) in [6.45, 7) is -0.562. The summed E-state index contributed by atoms with van der Waals surface area (Å²) >= 11 is 1.91. The van der Waals surface area contributed by atoms with Crippen LogP contribution in [0, 0.1) is 5.92 Å². The number of amides is 3. The smallest absolute Gasteiger partial charge is 0.324 e. The summed E-state index contributed by atoms with van der Waals surface area (Å²) in [5.41, 5.74) is -0.262. The molecule has 2 unspecified atom stereocenters. The first-order chi connectivity index (χ1) is 19.6. The SMILES string of the molecule is O=C(Cn1c2c(sc1=O)[C@H](c1ccccc1)C1C(=O)N(c3ccccc3)C(=O)C1S2)Nc1ccccc1C(F)(F)F. The van der Waals surface area contributed by atoms with E-state index in [1.54, 1.807) is 42.5 Å². The van der Waals surface area contributed by atoms with Gasteiger partial charge in [-0.05, 0) is 29.8 Å². The second-order valence-electron chi connectivity index (χ2n) is 9.52. The van der Waals surface area contributed by atoms with E-state index >= 15 is 0 Å². The summed E-state index contributed by atoms with van der Waals surface area (Å²) in [5.74, 6) is -3.07. The van der Waals surface area contributed by atoms with Crippen LogP contribution in [0.5, 0.6) is 0 Å². The van der Waals surface area contributed by atoms with Crippen molar-refractivity contribution in [3.05, 3.63) is 111 Å². The van der Waals surface area contributed by atoms with E-state index in [0.717, 1.165) is 45.7 Å². The molecule has 2 aliphatic heterocycles. The number of carbonyl (C=O) groups excluding carboxylic acids is 3. The van der Waals surface area contributed by atoms with E-state index in [1.807, 2.05) is 18.2 Å². The summed E-state index contributed by atoms with van der Waals surface area (Å²) in [5, 5.41) is 1.76. The van der Waals surface area contributed by atoms with Crippen LogP contribution in [0.4, 0.5) is 24.5 Å². The third-order valence-electron chi connectivity index (χ3n) is 7.03. The number of para-hydroxylation sites is 2. The zero-order valence-corrected chi connectivity index (χ0v) is 22.6. The fourth-order valence-corrected chi connectivity index (χ4v) is 8.05. The Balaban J connectivity index is 1.39. The predicted octanol–water partition coefficient (Wildman–Crippen LogP) is 5.36. The van der Waals surface area contributed by atoms with Crippen molar-refractivity contribution >= 4 is 52.2 Å². The second-order valence-corrected chi connectivity index (χ2v) is 11.6. The van der Waals surface area contributed by atoms with Gasteiger partial charge in [-0.1, -0.05) is 83.8 Å². The van der Waals surface area contributed by atoms with E-state index in [4.69, 9.17) is 0 Å². The molecule has 3 amide bonds. The van der Waals surface area contributed by atoms with Gasteiger partial charge in [-0.3, -0.25) is 23.7 Å². The van der Waals surface area contributed by atoms with Crippen LogP contribution in [0.25, 0.3) is 0 Å². The third kappa shape index (κ3) is 4.76. The van der Waals surface area contributed by atoms with Crippen LogP contribution in [-0.2, 0) is 27.1 Å². The largest absolute Gasteiger partial charge is 0.418 e. The molecule has 1 saturated heterocycles. The zero-order valence-electron chi connectivity index (χ0n) is 21.0. The topological polar surface area (TPSA) is 88.5 Å². The van der Waals surface area contributed by atoms with E-state index in [2.05, 4.69) is 5.32 Å². The highest BCUT2D eigenvalue weighted by Crippen LogP contribution is 2.53. The summed E-state index contributed by atoms with van der Waals surface area (Å²) in [6, 6.07) is 22.2. The molecule has 6 rings (SSSR count). The van der Waals surface area contributed by atoms with Crippen LogP contribution in [-0.4, -0.2) is 27.5 Å². The minimum absolute atomic E-state index is 0.352. The van der Waals surface area contributed by atoms with Crippen molar-refractivity contribution in [2.24, 2.45) is 5.92 Å². The normalized spacial score (nSPS) is 20.1. The molecule has 7 nitrogen and oxygen atoms in total. The number of anilines is 2. The molecule has 4 aromatic rings. The van der Waals surface area contributed by atoms with Crippen molar-refractivity contribution in [3.63, 3.8) is 0 Å². The van der Waals surface area contributed by atoms with Crippen molar-refractivity contribution in [3.8, 4) is 0 Å². The molecule has 0 bridgehead atoms. The molecule has 1 aromatic heterocycles. The maximum absolute atomic E-state index is 13.8. The summed E-state index contributed by atoms with van der Waals surface area (Å²) in [4.78, 5) is 54.8. The fraction of sp³-hybridized carbons (Fsp3) is 0.172. The molecule has 1 N–H and O–H groups in total. The Morgan fingerprint density at radius 2 is 1.49 bits per heavy atom. The van der Waals surface area contributed by atoms with E-state index in [0.29, 0.717) is 15.6 Å². The lowest BCUT2D eigenvalue weighted by Crippen LogP contribution is -2.33. The molecule has 208 valence electrons. The maximum atomic E-state index is 13.8. The molecule has 1 fully saturated rings. The molecule has 12 heteroatoms. The van der Waals surface area contributed by atoms with Crippen LogP contribution < -0.4 is 15.1 Å². The number of halogens is 3. The van der Waals surface area contributed by atoms with Gasteiger partial charge in [0.15, 0.2) is 0 Å². The van der Waals surface area contributed by atoms with Gasteiger partial charge < -0.3 is 5.32 Å². The van der Waals surface area contributed by atoms with Gasteiger partial charge in [-0.25, -0.2) is 4.90 Å². The van der Waals surface area contributed by atoms with E-state index < -0.39 is 57.7 Å². The highest BCUT2D eigenvalue weighted by atomic mass is 32.2. The molecule has 3 heterocycles. The number of nitrogens with one attached hydrogen (secondary N) is 1. The van der Waals surface area contributed by atoms with Gasteiger partial charge in [0.05, 0.1) is 27.9 Å². The van der Waals surface area contributed by atoms with Crippen LogP contribution in [0.2, 0.25) is 0 Å². The number of thioether (sulfide) groups is 1. The van der Waals surface area contributed by atoms with Crippen molar-refractivity contribution in [1.82, 2.24) is 4.57 Å². The van der Waals surface area contributed by atoms with E-state index in [-0.39, 0.29) is 5.91 Å². The standard InChI is InChI=1S/C29H20F3N3O4S2/c30-29(31,32)18-13-7-8-14-19(18)33-20(36)15-34-27-24(41-28(34)39)21(16-9-3-1-4-10-16)22-23(40-27)26(38)35(25(22)37)17-11-5-2-6-12-17/h1-14,21-23H,15H2,(H,33,36)/t21-,22?,23?/m1/s1. The summed E-state index contributed by atoms with van der Waals surface area (Å²) in [7, 11) is 0. The van der Waals surface area contributed by atoms with E-state index in [9.17, 15) is 32.3 Å². The van der Waals surface area contributed by atoms with Crippen molar-refractivity contribution < 1.29 is 27.6 Å². The van der Waals surface area contributed by atoms with Crippen LogP contribution in [0.15, 0.2) is 94.7 Å². The van der Waals surface area contributed by atoms with Gasteiger partial charge in [0.2, 0.25) is 17.7 Å². The number of fused-ring (bicyclic) bond motifs is 2. The molecule has 3 aromatic carbocycles. The average molecular weight is 596 g/mol. The minimum Gasteiger partial charge on any atom is -0.324 e. The molecular weight excluding hydrogens is 575 g/mol. The quantitative estimate of drug-likeness (QED) is 0.314. The Hall–Kier alpha value is -4.16. The Labute approximate surface area is 239 Å². The molecule has 0 aliphatic carbocycles. The Morgan fingerprint density at radius 1 is 0.854 bits per heavy atom. The van der Waals surface area contributed by atoms with Crippen molar-refractivity contribution in [1.29, 1.82) is 0 Å². The fourth-order valence-electron chi connectivity index (χ4n) is 5.28. The van der Waals surface area contributed by atoms with Crippen LogP contribution in [0.3, 0.4) is 0 Å². The number of aromatic nitrogens is 1. The molecule has 3 atom stereocenters. The van der Waals surface area contributed by atoms with Gasteiger partial charge in [-0.15, -0.1) is 0 Å². The van der Waals surface area contributed by atoms with Gasteiger partial charge in [0.25, 0.3) is 0 Å². The number of rotatable bonds is 5. The van der Waals surface area contributed by atoms with Crippen LogP contribution in [0.1, 0.15) is 21.9 Å². The number of nitrogens with zero attached hydrogens (tertiary/aromatic N) is 2. The minimum atomic E-state index is -4.68. The van der Waals surface area contributed by atoms with Gasteiger partial charge in [-0.2, -0.15) is 13.2 Å². The van der Waals surface area contributed by atoms with Gasteiger partial charge >= 0.3 is 11.0 Å². The number of thiazole rings is 1. The second kappa shape index (κ2) is 10.3. The van der Waals surface area contributed by atoms with Gasteiger partial charge in [0, 0.05) is 10.8 Å². The highest BCUT2D eigenvalue weighted by Gasteiger charge is 2.56. The summed E-state index contributed by atoms with van der Waals surface area (Å²) < 4.78 is 41.5. The lowest BCUT2D eigenvalue weighted by molar-refractivity contribution is -0.137. The molecule has 0 spiro atoms. The lowest BCUT2D eigenvalue weighted by Gasteiger charge is -2.30. The molecular formula is C29H20F3N3O4S2. The molecule has 0 radical (unpaired) electrons. The molecule has 2 aliphatic rings. The summed E-state index contributed by atoms with van der Waals surface area (Å²) in [6.07, 6.45) is -4.68. The first kappa shape index (κ1) is 27.0. The first-order valence-corrected chi connectivity index (χ1v) is 14.2. The number of carbonyl (C=O) groups is 3. The maximum Gasteiger partial charge on any atom is 0.418 e. The average Bonchev–Trinajstić information content (AvgIpc) is 3.39. The van der Waals surface area contributed by atoms with E-state index in [1.165, 1.54) is 16.7 Å². The Morgan fingerprint density at radius 3 is 2.17 bits per heavy atom.